The Morgan fingerprint density at radius 3 is 1.75 bits per heavy atom. The molecule has 18 nitrogen and oxygen atoms in total. The molecule has 9 atom stereocenters. The molecular weight excluding hydrogens is 903 g/mol. The van der Waals surface area contributed by atoms with Gasteiger partial charge in [-0.3, -0.25) is 28.8 Å². The van der Waals surface area contributed by atoms with Crippen LogP contribution in [0.15, 0.2) is 48.5 Å². The lowest BCUT2D eigenvalue weighted by atomic mass is 9.43. The Balaban J connectivity index is 1.13. The van der Waals surface area contributed by atoms with Crippen LogP contribution in [0.4, 0.5) is 0 Å². The summed E-state index contributed by atoms with van der Waals surface area (Å²) in [6.07, 6.45) is 7.49. The first-order valence-corrected chi connectivity index (χ1v) is 26.1. The van der Waals surface area contributed by atoms with E-state index in [1.807, 2.05) is 19.1 Å². The molecule has 3 aliphatic carbocycles. The van der Waals surface area contributed by atoms with Crippen LogP contribution in [0.3, 0.4) is 0 Å². The molecule has 2 aromatic carbocycles. The first-order chi connectivity index (χ1) is 33.9. The maximum atomic E-state index is 13.8. The van der Waals surface area contributed by atoms with Crippen molar-refractivity contribution in [2.24, 2.45) is 40.2 Å². The number of benzene rings is 2. The van der Waals surface area contributed by atoms with E-state index in [9.17, 15) is 28.8 Å². The van der Waals surface area contributed by atoms with E-state index in [0.717, 1.165) is 43.2 Å². The Kier molecular flexibility index (Phi) is 21.9. The number of nitrogens with two attached hydrogens (primary N) is 4. The molecule has 1 aliphatic heterocycles. The van der Waals surface area contributed by atoms with Crippen molar-refractivity contribution >= 4 is 42.6 Å². The predicted octanol–water partition coefficient (Wildman–Crippen LogP) is 2.83. The van der Waals surface area contributed by atoms with Gasteiger partial charge in [0.25, 0.3) is 11.8 Å². The number of hydrogen-bond donors (Lipinski definition) is 10. The van der Waals surface area contributed by atoms with Crippen molar-refractivity contribution in [3.05, 3.63) is 59.7 Å². The molecule has 392 valence electrons. The van der Waals surface area contributed by atoms with Crippen LogP contribution in [0.25, 0.3) is 11.1 Å². The lowest BCUT2D eigenvalue weighted by molar-refractivity contribution is -0.199. The lowest BCUT2D eigenvalue weighted by Gasteiger charge is -2.64. The summed E-state index contributed by atoms with van der Waals surface area (Å²) in [5.74, 6) is -3.05. The highest BCUT2D eigenvalue weighted by atomic mass is 16.7. The summed E-state index contributed by atoms with van der Waals surface area (Å²) < 4.78 is 12.9. The highest BCUT2D eigenvalue weighted by Gasteiger charge is 2.68. The third-order valence-electron chi connectivity index (χ3n) is 15.0. The van der Waals surface area contributed by atoms with E-state index in [4.69, 9.17) is 32.2 Å². The van der Waals surface area contributed by atoms with Crippen molar-refractivity contribution in [2.45, 2.75) is 173 Å². The Labute approximate surface area is 421 Å². The van der Waals surface area contributed by atoms with Gasteiger partial charge < -0.3 is 64.1 Å². The number of carbonyl (C=O) groups excluding carboxylic acids is 6. The van der Waals surface area contributed by atoms with Gasteiger partial charge in [0.15, 0.2) is 6.17 Å². The first kappa shape index (κ1) is 57.0. The quantitative estimate of drug-likeness (QED) is 0.0307. The van der Waals surface area contributed by atoms with Gasteiger partial charge in [-0.25, -0.2) is 0 Å². The SMILES string of the molecule is CCCCc1ccc(-c2ccc(C(=O)NCCC(=O)N[C@@H](CCCCN)C(=O)N[C@@H](CCCCN)C(=O)N[C@@H](N)C(=O)N[C@@H](CCCCN)C(=O)N[C@@H](C)B3O[C@@H]4C[C@@H]5C[C@@H](C5(C)C)[C@]4(C)O3)cc2)cc1. The summed E-state index contributed by atoms with van der Waals surface area (Å²) in [7, 11) is -0.669. The molecule has 0 spiro atoms. The zero-order valence-electron chi connectivity index (χ0n) is 42.8. The maximum absolute atomic E-state index is 13.8. The zero-order chi connectivity index (χ0) is 51.7. The van der Waals surface area contributed by atoms with Crippen LogP contribution in [0.2, 0.25) is 0 Å². The van der Waals surface area contributed by atoms with Gasteiger partial charge in [-0.2, -0.15) is 0 Å². The molecule has 14 N–H and O–H groups in total. The van der Waals surface area contributed by atoms with Crippen LogP contribution in [-0.4, -0.2) is 111 Å². The van der Waals surface area contributed by atoms with Gasteiger partial charge in [0.2, 0.25) is 23.6 Å². The molecule has 3 saturated carbocycles. The van der Waals surface area contributed by atoms with Crippen LogP contribution in [0.5, 0.6) is 0 Å². The van der Waals surface area contributed by atoms with E-state index in [1.54, 1.807) is 12.1 Å². The van der Waals surface area contributed by atoms with Crippen molar-refractivity contribution in [3.63, 3.8) is 0 Å². The number of amides is 6. The second kappa shape index (κ2) is 27.2. The number of hydrogen-bond acceptors (Lipinski definition) is 12. The number of unbranched alkanes of at least 4 members (excludes halogenated alkanes) is 4. The smallest absolute Gasteiger partial charge is 0.404 e. The fourth-order valence-electron chi connectivity index (χ4n) is 10.4. The van der Waals surface area contributed by atoms with E-state index >= 15 is 0 Å². The highest BCUT2D eigenvalue weighted by Crippen LogP contribution is 2.65. The summed E-state index contributed by atoms with van der Waals surface area (Å²) >= 11 is 0. The molecule has 4 aliphatic rings. The topological polar surface area (TPSA) is 297 Å². The van der Waals surface area contributed by atoms with Gasteiger partial charge in [0.05, 0.1) is 17.6 Å². The van der Waals surface area contributed by atoms with E-state index in [2.05, 4.69) is 83.9 Å². The molecule has 2 aromatic rings. The summed E-state index contributed by atoms with van der Waals surface area (Å²) in [6, 6.07) is 12.5. The minimum absolute atomic E-state index is 0.0179. The van der Waals surface area contributed by atoms with Crippen LogP contribution >= 0.6 is 0 Å². The molecule has 4 fully saturated rings. The largest absolute Gasteiger partial charge is 0.481 e. The van der Waals surface area contributed by atoms with Crippen LogP contribution in [0, 0.1) is 17.3 Å². The minimum Gasteiger partial charge on any atom is -0.404 e. The molecule has 1 heterocycles. The van der Waals surface area contributed by atoms with Crippen LogP contribution in [-0.2, 0) is 39.7 Å². The molecule has 6 rings (SSSR count). The summed E-state index contributed by atoms with van der Waals surface area (Å²) in [5.41, 5.74) is 27.0. The van der Waals surface area contributed by atoms with Crippen LogP contribution < -0.4 is 54.8 Å². The van der Waals surface area contributed by atoms with Crippen molar-refractivity contribution in [1.29, 1.82) is 0 Å². The first-order valence-electron chi connectivity index (χ1n) is 26.1. The fourth-order valence-corrected chi connectivity index (χ4v) is 10.4. The Morgan fingerprint density at radius 2 is 1.20 bits per heavy atom. The lowest BCUT2D eigenvalue weighted by Crippen LogP contribution is -2.65. The monoisotopic (exact) mass is 987 g/mol. The van der Waals surface area contributed by atoms with Gasteiger partial charge in [0.1, 0.15) is 18.1 Å². The van der Waals surface area contributed by atoms with Gasteiger partial charge in [-0.15, -0.1) is 0 Å². The average Bonchev–Trinajstić information content (AvgIpc) is 3.72. The highest BCUT2D eigenvalue weighted by molar-refractivity contribution is 6.47. The molecule has 1 saturated heterocycles. The molecule has 71 heavy (non-hydrogen) atoms. The molecule has 0 aromatic heterocycles. The standard InChI is InChI=1S/C52H83BN10O8/c1-6-7-14-34-18-20-35(21-19-34)36-22-24-37(25-23-36)46(65)58-30-26-44(64)60-39(15-8-11-27-54)48(67)61-41(17-10-13-29-56)49(68)63-45(57)50(69)62-40(16-9-12-28-55)47(66)59-33(2)53-70-43-32-38-31-42(51(38,3)4)52(43,5)71-53/h18-25,33,38-43,45H,6-17,26-32,54-57H2,1-5H3,(H,58,65)(H,59,66)(H,60,64)(H,61,67)(H,62,69)(H,63,68)/t33-,38-,39-,40-,41-,42-,43+,45+,52-/m0/s1. The number of aryl methyl sites for hydroxylation is 1. The van der Waals surface area contributed by atoms with E-state index in [0.29, 0.717) is 75.6 Å². The fraction of sp³-hybridized carbons (Fsp3) is 0.654. The van der Waals surface area contributed by atoms with Crippen molar-refractivity contribution < 1.29 is 38.1 Å². The second-order valence-corrected chi connectivity index (χ2v) is 20.6. The summed E-state index contributed by atoms with van der Waals surface area (Å²) in [4.78, 5) is 81.2. The predicted molar refractivity (Wildman–Crippen MR) is 276 cm³/mol. The molecule has 0 radical (unpaired) electrons. The third kappa shape index (κ3) is 15.5. The van der Waals surface area contributed by atoms with E-state index < -0.39 is 72.5 Å². The molecular formula is C52H83BN10O8. The number of nitrogens with one attached hydrogen (secondary N) is 6. The van der Waals surface area contributed by atoms with Gasteiger partial charge in [-0.05, 0) is 163 Å². The maximum Gasteiger partial charge on any atom is 0.481 e. The molecule has 2 bridgehead atoms. The van der Waals surface area contributed by atoms with Crippen molar-refractivity contribution in [2.75, 3.05) is 26.2 Å². The van der Waals surface area contributed by atoms with Crippen LogP contribution in [0.1, 0.15) is 140 Å². The Morgan fingerprint density at radius 1 is 0.676 bits per heavy atom. The minimum atomic E-state index is -1.58. The van der Waals surface area contributed by atoms with Crippen molar-refractivity contribution in [3.8, 4) is 11.1 Å². The Hall–Kier alpha value is -4.92. The molecule has 0 unspecified atom stereocenters. The average molecular weight is 987 g/mol. The van der Waals surface area contributed by atoms with Crippen molar-refractivity contribution in [1.82, 2.24) is 31.9 Å². The summed E-state index contributed by atoms with van der Waals surface area (Å²) in [5, 5.41) is 16.5. The molecule has 19 heteroatoms. The van der Waals surface area contributed by atoms with Gasteiger partial charge in [-0.1, -0.05) is 63.6 Å². The summed E-state index contributed by atoms with van der Waals surface area (Å²) in [6.45, 7) is 11.8. The normalized spacial score (nSPS) is 21.8. The second-order valence-electron chi connectivity index (χ2n) is 20.6. The zero-order valence-corrected chi connectivity index (χ0v) is 42.8. The third-order valence-corrected chi connectivity index (χ3v) is 15.0. The van der Waals surface area contributed by atoms with Gasteiger partial charge >= 0.3 is 7.12 Å². The van der Waals surface area contributed by atoms with Gasteiger partial charge in [0, 0.05) is 18.5 Å². The number of carbonyl (C=O) groups is 6. The Bertz CT molecular complexity index is 2080. The van der Waals surface area contributed by atoms with E-state index in [-0.39, 0.29) is 49.7 Å². The molecule has 6 amide bonds. The number of rotatable bonds is 30. The van der Waals surface area contributed by atoms with E-state index in [1.165, 1.54) is 5.56 Å².